The van der Waals surface area contributed by atoms with E-state index in [0.717, 1.165) is 29.6 Å². The number of halogens is 1. The summed E-state index contributed by atoms with van der Waals surface area (Å²) < 4.78 is 0.902. The number of likely N-dealkylation sites (tertiary alicyclic amines) is 1. The van der Waals surface area contributed by atoms with Crippen LogP contribution < -0.4 is 5.73 Å². The minimum absolute atomic E-state index is 0.0663. The molecular formula is C13H17BrN2OS. The van der Waals surface area contributed by atoms with Crippen LogP contribution in [0.4, 0.5) is 5.69 Å². The molecule has 0 bridgehead atoms. The molecule has 2 rings (SSSR count). The number of nitrogen functional groups attached to an aromatic ring is 1. The molecule has 1 aliphatic heterocycles. The van der Waals surface area contributed by atoms with Gasteiger partial charge in [-0.1, -0.05) is 15.9 Å². The van der Waals surface area contributed by atoms with Crippen LogP contribution in [0.5, 0.6) is 0 Å². The molecule has 1 aliphatic rings. The average molecular weight is 329 g/mol. The molecule has 1 fully saturated rings. The van der Waals surface area contributed by atoms with E-state index in [-0.39, 0.29) is 5.91 Å². The highest BCUT2D eigenvalue weighted by Gasteiger charge is 2.29. The van der Waals surface area contributed by atoms with Crippen molar-refractivity contribution in [1.29, 1.82) is 0 Å². The van der Waals surface area contributed by atoms with Crippen LogP contribution in [0.25, 0.3) is 0 Å². The first-order valence-electron chi connectivity index (χ1n) is 5.98. The van der Waals surface area contributed by atoms with Gasteiger partial charge < -0.3 is 10.6 Å². The van der Waals surface area contributed by atoms with Gasteiger partial charge in [0.1, 0.15) is 0 Å². The molecule has 98 valence electrons. The number of hydrogen-bond donors (Lipinski definition) is 1. The van der Waals surface area contributed by atoms with Crippen molar-refractivity contribution in [3.05, 3.63) is 28.2 Å². The fourth-order valence-corrected chi connectivity index (χ4v) is 3.46. The minimum Gasteiger partial charge on any atom is -0.398 e. The van der Waals surface area contributed by atoms with Crippen molar-refractivity contribution in [3.8, 4) is 0 Å². The largest absolute Gasteiger partial charge is 0.398 e. The first kappa shape index (κ1) is 13.7. The molecule has 0 unspecified atom stereocenters. The second kappa shape index (κ2) is 5.97. The van der Waals surface area contributed by atoms with Crippen LogP contribution in [0.15, 0.2) is 22.7 Å². The predicted molar refractivity (Wildman–Crippen MR) is 81.0 cm³/mol. The van der Waals surface area contributed by atoms with Gasteiger partial charge >= 0.3 is 0 Å². The van der Waals surface area contributed by atoms with E-state index < -0.39 is 0 Å². The van der Waals surface area contributed by atoms with Crippen LogP contribution in [-0.2, 0) is 0 Å². The summed E-state index contributed by atoms with van der Waals surface area (Å²) in [4.78, 5) is 14.5. The lowest BCUT2D eigenvalue weighted by atomic mass is 10.1. The second-order valence-electron chi connectivity index (χ2n) is 4.48. The lowest BCUT2D eigenvalue weighted by molar-refractivity contribution is 0.0751. The lowest BCUT2D eigenvalue weighted by Gasteiger charge is -2.24. The maximum absolute atomic E-state index is 12.5. The van der Waals surface area contributed by atoms with Crippen LogP contribution in [0.3, 0.4) is 0 Å². The molecule has 1 aromatic carbocycles. The number of anilines is 1. The summed E-state index contributed by atoms with van der Waals surface area (Å²) in [5, 5.41) is 0. The molecule has 3 nitrogen and oxygen atoms in total. The van der Waals surface area contributed by atoms with E-state index >= 15 is 0 Å². The third-order valence-electron chi connectivity index (χ3n) is 3.24. The normalized spacial score (nSPS) is 19.2. The molecular weight excluding hydrogens is 312 g/mol. The number of hydrogen-bond acceptors (Lipinski definition) is 3. The number of benzene rings is 1. The molecule has 2 N–H and O–H groups in total. The lowest BCUT2D eigenvalue weighted by Crippen LogP contribution is -2.37. The van der Waals surface area contributed by atoms with Crippen molar-refractivity contribution in [1.82, 2.24) is 4.90 Å². The molecule has 5 heteroatoms. The molecule has 1 aromatic rings. The Bertz CT molecular complexity index is 453. The summed E-state index contributed by atoms with van der Waals surface area (Å²) in [6.45, 7) is 0.847. The molecule has 1 amide bonds. The van der Waals surface area contributed by atoms with Gasteiger partial charge in [-0.25, -0.2) is 0 Å². The van der Waals surface area contributed by atoms with Crippen LogP contribution in [-0.4, -0.2) is 35.4 Å². The number of thioether (sulfide) groups is 1. The van der Waals surface area contributed by atoms with Crippen LogP contribution in [0.2, 0.25) is 0 Å². The van der Waals surface area contributed by atoms with Gasteiger partial charge in [0.2, 0.25) is 0 Å². The van der Waals surface area contributed by atoms with E-state index in [1.807, 2.05) is 11.0 Å². The highest BCUT2D eigenvalue weighted by atomic mass is 79.9. The summed E-state index contributed by atoms with van der Waals surface area (Å²) >= 11 is 5.15. The molecule has 0 radical (unpaired) electrons. The van der Waals surface area contributed by atoms with Crippen molar-refractivity contribution in [2.24, 2.45) is 0 Å². The van der Waals surface area contributed by atoms with Gasteiger partial charge in [-0.3, -0.25) is 4.79 Å². The first-order chi connectivity index (χ1) is 8.63. The van der Waals surface area contributed by atoms with Crippen molar-refractivity contribution in [2.75, 3.05) is 24.3 Å². The highest BCUT2D eigenvalue weighted by Crippen LogP contribution is 2.26. The topological polar surface area (TPSA) is 46.3 Å². The summed E-state index contributed by atoms with van der Waals surface area (Å²) in [7, 11) is 0. The SMILES string of the molecule is CSC[C@@H]1CCCN1C(=O)c1ccc(Br)cc1N. The van der Waals surface area contributed by atoms with Crippen molar-refractivity contribution < 1.29 is 4.79 Å². The molecule has 0 spiro atoms. The van der Waals surface area contributed by atoms with E-state index in [2.05, 4.69) is 22.2 Å². The summed E-state index contributed by atoms with van der Waals surface area (Å²) in [6.07, 6.45) is 4.27. The number of amides is 1. The van der Waals surface area contributed by atoms with Gasteiger partial charge in [0.15, 0.2) is 0 Å². The number of carbonyl (C=O) groups excluding carboxylic acids is 1. The predicted octanol–water partition coefficient (Wildman–Crippen LogP) is 3.00. The monoisotopic (exact) mass is 328 g/mol. The molecule has 1 saturated heterocycles. The second-order valence-corrected chi connectivity index (χ2v) is 6.31. The molecule has 0 aliphatic carbocycles. The Morgan fingerprint density at radius 1 is 1.61 bits per heavy atom. The van der Waals surface area contributed by atoms with Crippen LogP contribution in [0, 0.1) is 0 Å². The Morgan fingerprint density at radius 2 is 2.39 bits per heavy atom. The summed E-state index contributed by atoms with van der Waals surface area (Å²) in [6, 6.07) is 5.81. The van der Waals surface area contributed by atoms with Crippen molar-refractivity contribution in [3.63, 3.8) is 0 Å². The van der Waals surface area contributed by atoms with Crippen LogP contribution in [0.1, 0.15) is 23.2 Å². The Morgan fingerprint density at radius 3 is 3.06 bits per heavy atom. The van der Waals surface area contributed by atoms with Crippen molar-refractivity contribution >= 4 is 39.3 Å². The van der Waals surface area contributed by atoms with Crippen LogP contribution >= 0.6 is 27.7 Å². The van der Waals surface area contributed by atoms with E-state index in [9.17, 15) is 4.79 Å². The smallest absolute Gasteiger partial charge is 0.256 e. The number of carbonyl (C=O) groups is 1. The number of nitrogens with two attached hydrogens (primary N) is 1. The zero-order valence-corrected chi connectivity index (χ0v) is 12.8. The summed E-state index contributed by atoms with van der Waals surface area (Å²) in [5.41, 5.74) is 7.09. The molecule has 0 aromatic heterocycles. The van der Waals surface area contributed by atoms with Crippen molar-refractivity contribution in [2.45, 2.75) is 18.9 Å². The number of rotatable bonds is 3. The standard InChI is InChI=1S/C13H17BrN2OS/c1-18-8-10-3-2-6-16(10)13(17)11-5-4-9(14)7-12(11)15/h4-5,7,10H,2-3,6,8,15H2,1H3/t10-/m0/s1. The first-order valence-corrected chi connectivity index (χ1v) is 8.17. The fraction of sp³-hybridized carbons (Fsp3) is 0.462. The van der Waals surface area contributed by atoms with E-state index in [0.29, 0.717) is 17.3 Å². The third kappa shape index (κ3) is 2.83. The van der Waals surface area contributed by atoms with Gasteiger partial charge in [0.25, 0.3) is 5.91 Å². The molecule has 1 heterocycles. The number of nitrogens with zero attached hydrogens (tertiary/aromatic N) is 1. The molecule has 0 saturated carbocycles. The highest BCUT2D eigenvalue weighted by molar-refractivity contribution is 9.10. The zero-order valence-electron chi connectivity index (χ0n) is 10.4. The quantitative estimate of drug-likeness (QED) is 0.867. The van der Waals surface area contributed by atoms with E-state index in [4.69, 9.17) is 5.73 Å². The average Bonchev–Trinajstić information content (AvgIpc) is 2.77. The van der Waals surface area contributed by atoms with Gasteiger partial charge in [0.05, 0.1) is 5.56 Å². The summed E-state index contributed by atoms with van der Waals surface area (Å²) in [5.74, 6) is 1.07. The maximum atomic E-state index is 12.5. The van der Waals surface area contributed by atoms with Gasteiger partial charge in [-0.15, -0.1) is 0 Å². The molecule has 1 atom stereocenters. The van der Waals surface area contributed by atoms with E-state index in [1.165, 1.54) is 0 Å². The van der Waals surface area contributed by atoms with Gasteiger partial charge in [-0.05, 0) is 37.3 Å². The van der Waals surface area contributed by atoms with E-state index in [1.54, 1.807) is 23.9 Å². The third-order valence-corrected chi connectivity index (χ3v) is 4.45. The van der Waals surface area contributed by atoms with Gasteiger partial charge in [-0.2, -0.15) is 11.8 Å². The maximum Gasteiger partial charge on any atom is 0.256 e. The Balaban J connectivity index is 2.20. The Labute approximate surface area is 120 Å². The van der Waals surface area contributed by atoms with Gasteiger partial charge in [0, 0.05) is 28.5 Å². The minimum atomic E-state index is 0.0663. The Hall–Kier alpha value is -0.680. The Kier molecular flexibility index (Phi) is 4.56. The fourth-order valence-electron chi connectivity index (χ4n) is 2.35. The molecule has 18 heavy (non-hydrogen) atoms. The zero-order chi connectivity index (χ0) is 13.1.